The number of sulfonamides is 1. The van der Waals surface area contributed by atoms with Crippen molar-refractivity contribution in [2.24, 2.45) is 0 Å². The van der Waals surface area contributed by atoms with Gasteiger partial charge in [-0.3, -0.25) is 20.4 Å². The number of thioether (sulfide) groups is 1. The molecule has 1 aliphatic carbocycles. The number of nitrogens with one attached hydrogen (secondary N) is 3. The summed E-state index contributed by atoms with van der Waals surface area (Å²) in [5.41, 5.74) is 5.46. The maximum absolute atomic E-state index is 12.5. The van der Waals surface area contributed by atoms with Crippen LogP contribution in [0.4, 0.5) is 5.13 Å². The molecule has 0 atom stereocenters. The molecule has 1 fully saturated rings. The summed E-state index contributed by atoms with van der Waals surface area (Å²) in [6, 6.07) is 6.77. The minimum Gasteiger partial charge on any atom is -0.357 e. The van der Waals surface area contributed by atoms with E-state index in [1.54, 1.807) is 12.1 Å². The predicted molar refractivity (Wildman–Crippen MR) is 128 cm³/mol. The quantitative estimate of drug-likeness (QED) is 0.344. The first-order chi connectivity index (χ1) is 15.7. The second kappa shape index (κ2) is 11.8. The van der Waals surface area contributed by atoms with Crippen molar-refractivity contribution < 1.29 is 18.0 Å². The van der Waals surface area contributed by atoms with E-state index in [1.165, 1.54) is 61.5 Å². The van der Waals surface area contributed by atoms with Crippen LogP contribution in [0.15, 0.2) is 33.5 Å². The first kappa shape index (κ1) is 25.4. The molecular formula is C20H28N6O4S3. The lowest BCUT2D eigenvalue weighted by Gasteiger charge is -2.21. The average molecular weight is 513 g/mol. The fraction of sp³-hybridized carbons (Fsp3) is 0.500. The third-order valence-electron chi connectivity index (χ3n) is 5.10. The Bertz CT molecular complexity index is 1050. The van der Waals surface area contributed by atoms with Gasteiger partial charge in [0.2, 0.25) is 21.1 Å². The molecule has 1 aliphatic rings. The lowest BCUT2D eigenvalue weighted by molar-refractivity contribution is -0.127. The summed E-state index contributed by atoms with van der Waals surface area (Å²) in [5.74, 6) is -1.05. The Kier molecular flexibility index (Phi) is 9.06. The first-order valence-corrected chi connectivity index (χ1v) is 13.8. The Morgan fingerprint density at radius 1 is 1.09 bits per heavy atom. The van der Waals surface area contributed by atoms with Crippen LogP contribution in [0.2, 0.25) is 0 Å². The van der Waals surface area contributed by atoms with Crippen molar-refractivity contribution in [3.8, 4) is 0 Å². The van der Waals surface area contributed by atoms with E-state index in [4.69, 9.17) is 0 Å². The summed E-state index contributed by atoms with van der Waals surface area (Å²) in [6.45, 7) is 1.42. The third-order valence-corrected chi connectivity index (χ3v) is 8.91. The highest BCUT2D eigenvalue weighted by molar-refractivity contribution is 8.01. The number of aromatic nitrogens is 2. The molecule has 1 aromatic heterocycles. The number of rotatable bonds is 9. The molecule has 0 aliphatic heterocycles. The molecule has 2 amide bonds. The van der Waals surface area contributed by atoms with Gasteiger partial charge in [-0.25, -0.2) is 8.42 Å². The number of hydrogen-bond donors (Lipinski definition) is 3. The standard InChI is InChI=1S/C20H28N6O4S3/c1-14-8-10-16(11-9-14)33(29,30)26(2)12-17(27)22-23-18(28)13-31-20-25-24-19(32-20)21-15-6-4-3-5-7-15/h8-11,15H,3-7,12-13H2,1-2H3,(H,21,24)(H,22,27)(H,23,28). The van der Waals surface area contributed by atoms with Gasteiger partial charge in [0.05, 0.1) is 17.2 Å². The number of benzene rings is 1. The predicted octanol–water partition coefficient (Wildman–Crippen LogP) is 2.15. The Morgan fingerprint density at radius 3 is 2.45 bits per heavy atom. The number of carbonyl (C=O) groups excluding carboxylic acids is 2. The molecule has 10 nitrogen and oxygen atoms in total. The molecule has 0 radical (unpaired) electrons. The molecule has 180 valence electrons. The van der Waals surface area contributed by atoms with Crippen LogP contribution in [0, 0.1) is 6.92 Å². The fourth-order valence-electron chi connectivity index (χ4n) is 3.27. The molecule has 0 saturated heterocycles. The minimum absolute atomic E-state index is 0.0375. The molecule has 13 heteroatoms. The summed E-state index contributed by atoms with van der Waals surface area (Å²) >= 11 is 2.61. The lowest BCUT2D eigenvalue weighted by Crippen LogP contribution is -2.47. The van der Waals surface area contributed by atoms with Crippen LogP contribution < -0.4 is 16.2 Å². The number of aryl methyl sites for hydroxylation is 1. The average Bonchev–Trinajstić information content (AvgIpc) is 3.24. The summed E-state index contributed by atoms with van der Waals surface area (Å²) in [4.78, 5) is 24.2. The number of carbonyl (C=O) groups is 2. The number of anilines is 1. The molecule has 1 aromatic carbocycles. The minimum atomic E-state index is -3.81. The van der Waals surface area contributed by atoms with Crippen LogP contribution in [0.3, 0.4) is 0 Å². The van der Waals surface area contributed by atoms with Crippen molar-refractivity contribution in [3.05, 3.63) is 29.8 Å². The van der Waals surface area contributed by atoms with Gasteiger partial charge in [-0.05, 0) is 31.9 Å². The number of amides is 2. The van der Waals surface area contributed by atoms with Gasteiger partial charge in [0.15, 0.2) is 4.34 Å². The van der Waals surface area contributed by atoms with Gasteiger partial charge in [0, 0.05) is 13.1 Å². The molecule has 33 heavy (non-hydrogen) atoms. The van der Waals surface area contributed by atoms with Gasteiger partial charge in [0.1, 0.15) is 0 Å². The largest absolute Gasteiger partial charge is 0.357 e. The van der Waals surface area contributed by atoms with E-state index in [2.05, 4.69) is 26.4 Å². The van der Waals surface area contributed by atoms with Crippen LogP contribution in [-0.4, -0.2) is 60.1 Å². The topological polar surface area (TPSA) is 133 Å². The fourth-order valence-corrected chi connectivity index (χ4v) is 6.02. The van der Waals surface area contributed by atoms with Crippen LogP contribution in [-0.2, 0) is 19.6 Å². The smallest absolute Gasteiger partial charge is 0.253 e. The second-order valence-corrected chi connectivity index (χ2v) is 12.1. The van der Waals surface area contributed by atoms with E-state index in [0.717, 1.165) is 27.8 Å². The summed E-state index contributed by atoms with van der Waals surface area (Å²) in [7, 11) is -2.50. The molecule has 3 rings (SSSR count). The van der Waals surface area contributed by atoms with Crippen molar-refractivity contribution in [1.82, 2.24) is 25.4 Å². The van der Waals surface area contributed by atoms with Crippen LogP contribution in [0.25, 0.3) is 0 Å². The second-order valence-electron chi connectivity index (χ2n) is 7.81. The van der Waals surface area contributed by atoms with E-state index >= 15 is 0 Å². The SMILES string of the molecule is Cc1ccc(S(=O)(=O)N(C)CC(=O)NNC(=O)CSc2nnc(NC3CCCCC3)s2)cc1. The maximum Gasteiger partial charge on any atom is 0.253 e. The summed E-state index contributed by atoms with van der Waals surface area (Å²) < 4.78 is 26.7. The number of nitrogens with zero attached hydrogens (tertiary/aromatic N) is 3. The normalized spacial score (nSPS) is 14.8. The molecule has 1 saturated carbocycles. The number of hydrazine groups is 1. The Morgan fingerprint density at radius 2 is 1.76 bits per heavy atom. The Hall–Kier alpha value is -2.22. The molecule has 0 spiro atoms. The molecule has 2 aromatic rings. The van der Waals surface area contributed by atoms with Crippen LogP contribution in [0.1, 0.15) is 37.7 Å². The molecule has 1 heterocycles. The van der Waals surface area contributed by atoms with Crippen molar-refractivity contribution in [3.63, 3.8) is 0 Å². The maximum atomic E-state index is 12.5. The van der Waals surface area contributed by atoms with Crippen LogP contribution >= 0.6 is 23.1 Å². The number of likely N-dealkylation sites (N-methyl/N-ethyl adjacent to an activating group) is 1. The highest BCUT2D eigenvalue weighted by atomic mass is 32.2. The third kappa shape index (κ3) is 7.66. The van der Waals surface area contributed by atoms with Crippen molar-refractivity contribution in [1.29, 1.82) is 0 Å². The number of hydrogen-bond acceptors (Lipinski definition) is 9. The Labute approximate surface area is 201 Å². The molecular weight excluding hydrogens is 484 g/mol. The van der Waals surface area contributed by atoms with Gasteiger partial charge in [-0.2, -0.15) is 4.31 Å². The van der Waals surface area contributed by atoms with Gasteiger partial charge in [-0.15, -0.1) is 10.2 Å². The van der Waals surface area contributed by atoms with Gasteiger partial charge in [-0.1, -0.05) is 60.1 Å². The molecule has 3 N–H and O–H groups in total. The van der Waals surface area contributed by atoms with Crippen LogP contribution in [0.5, 0.6) is 0 Å². The lowest BCUT2D eigenvalue weighted by atomic mass is 9.96. The van der Waals surface area contributed by atoms with Gasteiger partial charge >= 0.3 is 0 Å². The Balaban J connectivity index is 1.38. The molecule has 0 unspecified atom stereocenters. The highest BCUT2D eigenvalue weighted by Crippen LogP contribution is 2.28. The summed E-state index contributed by atoms with van der Waals surface area (Å²) in [6.07, 6.45) is 5.98. The van der Waals surface area contributed by atoms with E-state index in [0.29, 0.717) is 10.4 Å². The summed E-state index contributed by atoms with van der Waals surface area (Å²) in [5, 5.41) is 12.3. The molecule has 0 bridgehead atoms. The van der Waals surface area contributed by atoms with Gasteiger partial charge < -0.3 is 5.32 Å². The van der Waals surface area contributed by atoms with E-state index < -0.39 is 28.4 Å². The van der Waals surface area contributed by atoms with Crippen molar-refractivity contribution >= 4 is 50.1 Å². The first-order valence-electron chi connectivity index (χ1n) is 10.6. The van der Waals surface area contributed by atoms with E-state index in [1.807, 2.05) is 6.92 Å². The zero-order chi connectivity index (χ0) is 23.8. The zero-order valence-corrected chi connectivity index (χ0v) is 21.0. The monoisotopic (exact) mass is 512 g/mol. The van der Waals surface area contributed by atoms with Crippen molar-refractivity contribution in [2.45, 2.75) is 54.3 Å². The van der Waals surface area contributed by atoms with Crippen molar-refractivity contribution in [2.75, 3.05) is 24.7 Å². The zero-order valence-electron chi connectivity index (χ0n) is 18.5. The highest BCUT2D eigenvalue weighted by Gasteiger charge is 2.23. The van der Waals surface area contributed by atoms with Gasteiger partial charge in [0.25, 0.3) is 5.91 Å². The van der Waals surface area contributed by atoms with E-state index in [-0.39, 0.29) is 10.6 Å². The van der Waals surface area contributed by atoms with E-state index in [9.17, 15) is 18.0 Å².